The Bertz CT molecular complexity index is 1020. The quantitative estimate of drug-likeness (QED) is 0.608. The maximum absolute atomic E-state index is 10.5. The molecule has 2 aromatic heterocycles. The summed E-state index contributed by atoms with van der Waals surface area (Å²) < 4.78 is 1.74. The first kappa shape index (κ1) is 20.3. The Labute approximate surface area is 177 Å². The molecule has 30 heavy (non-hydrogen) atoms. The van der Waals surface area contributed by atoms with Gasteiger partial charge in [0.25, 0.3) is 0 Å². The average Bonchev–Trinajstić information content (AvgIpc) is 3.06. The lowest BCUT2D eigenvalue weighted by molar-refractivity contribution is 0.170. The van der Waals surface area contributed by atoms with Gasteiger partial charge >= 0.3 is 0 Å². The predicted octanol–water partition coefficient (Wildman–Crippen LogP) is 3.97. The van der Waals surface area contributed by atoms with Crippen molar-refractivity contribution < 1.29 is 5.11 Å². The van der Waals surface area contributed by atoms with Crippen molar-refractivity contribution in [2.75, 3.05) is 5.32 Å². The van der Waals surface area contributed by atoms with Crippen molar-refractivity contribution >= 4 is 5.82 Å². The van der Waals surface area contributed by atoms with Gasteiger partial charge in [0.15, 0.2) is 0 Å². The lowest BCUT2D eigenvalue weighted by atomic mass is 9.79. The molecule has 0 atom stereocenters. The number of piperidine rings is 1. The van der Waals surface area contributed by atoms with Gasteiger partial charge in [-0.15, -0.1) is 0 Å². The first-order valence-electron chi connectivity index (χ1n) is 10.3. The van der Waals surface area contributed by atoms with E-state index in [0.29, 0.717) is 17.3 Å². The molecule has 0 bridgehead atoms. The van der Waals surface area contributed by atoms with Crippen LogP contribution in [0.25, 0.3) is 22.5 Å². The van der Waals surface area contributed by atoms with Crippen molar-refractivity contribution in [3.63, 3.8) is 0 Å². The van der Waals surface area contributed by atoms with E-state index in [1.54, 1.807) is 23.1 Å². The number of phenols is 1. The monoisotopic (exact) mass is 406 g/mol. The molecule has 3 heterocycles. The van der Waals surface area contributed by atoms with Crippen LogP contribution in [0.15, 0.2) is 42.9 Å². The second kappa shape index (κ2) is 7.40. The van der Waals surface area contributed by atoms with Crippen molar-refractivity contribution in [2.24, 2.45) is 7.05 Å². The lowest BCUT2D eigenvalue weighted by Gasteiger charge is -2.46. The van der Waals surface area contributed by atoms with Gasteiger partial charge in [0.2, 0.25) is 0 Å². The molecule has 7 nitrogen and oxygen atoms in total. The third-order valence-electron chi connectivity index (χ3n) is 5.48. The normalized spacial score (nSPS) is 18.3. The minimum absolute atomic E-state index is 0.0634. The summed E-state index contributed by atoms with van der Waals surface area (Å²) in [4.78, 5) is 9.08. The molecule has 3 N–H and O–H groups in total. The predicted molar refractivity (Wildman–Crippen MR) is 119 cm³/mol. The number of aromatic hydroxyl groups is 1. The first-order valence-corrected chi connectivity index (χ1v) is 10.3. The molecule has 0 unspecified atom stereocenters. The molecular formula is C23H30N6O. The van der Waals surface area contributed by atoms with Crippen molar-refractivity contribution in [3.8, 4) is 28.3 Å². The largest absolute Gasteiger partial charge is 0.507 e. The van der Waals surface area contributed by atoms with E-state index in [2.05, 4.69) is 53.4 Å². The number of anilines is 1. The molecule has 1 fully saturated rings. The van der Waals surface area contributed by atoms with Gasteiger partial charge in [-0.25, -0.2) is 4.98 Å². The Balaban J connectivity index is 1.50. The van der Waals surface area contributed by atoms with Gasteiger partial charge in [0.05, 0.1) is 23.8 Å². The molecule has 158 valence electrons. The highest BCUT2D eigenvalue weighted by molar-refractivity contribution is 5.72. The summed E-state index contributed by atoms with van der Waals surface area (Å²) in [7, 11) is 1.87. The van der Waals surface area contributed by atoms with Gasteiger partial charge in [-0.3, -0.25) is 9.67 Å². The zero-order valence-corrected chi connectivity index (χ0v) is 18.3. The number of benzene rings is 1. The molecule has 1 saturated heterocycles. The molecule has 0 aliphatic carbocycles. The van der Waals surface area contributed by atoms with Crippen LogP contribution in [0.3, 0.4) is 0 Å². The van der Waals surface area contributed by atoms with Crippen molar-refractivity contribution in [1.29, 1.82) is 0 Å². The minimum Gasteiger partial charge on any atom is -0.507 e. The smallest absolute Gasteiger partial charge is 0.144 e. The van der Waals surface area contributed by atoms with E-state index in [0.717, 1.165) is 29.9 Å². The van der Waals surface area contributed by atoms with Crippen LogP contribution in [0.5, 0.6) is 5.75 Å². The molecule has 0 amide bonds. The highest BCUT2D eigenvalue weighted by Crippen LogP contribution is 2.33. The molecule has 0 saturated carbocycles. The van der Waals surface area contributed by atoms with Gasteiger partial charge in [-0.1, -0.05) is 6.07 Å². The maximum Gasteiger partial charge on any atom is 0.144 e. The Kier molecular flexibility index (Phi) is 5.02. The topological polar surface area (TPSA) is 87.9 Å². The van der Waals surface area contributed by atoms with Crippen LogP contribution < -0.4 is 10.6 Å². The fraction of sp³-hybridized carbons (Fsp3) is 0.435. The van der Waals surface area contributed by atoms with Crippen LogP contribution in [0.1, 0.15) is 40.5 Å². The van der Waals surface area contributed by atoms with Gasteiger partial charge < -0.3 is 15.7 Å². The number of nitrogens with one attached hydrogen (secondary N) is 2. The van der Waals surface area contributed by atoms with Crippen molar-refractivity contribution in [2.45, 2.75) is 57.7 Å². The number of hydrogen-bond acceptors (Lipinski definition) is 6. The number of rotatable bonds is 4. The van der Waals surface area contributed by atoms with E-state index < -0.39 is 0 Å². The SMILES string of the molecule is Cn1ccc(-c2ccc(-c3cnc(NC4CC(C)(C)NC(C)(C)C4)cn3)c(O)c2)n1. The molecule has 1 aliphatic heterocycles. The summed E-state index contributed by atoms with van der Waals surface area (Å²) in [5.74, 6) is 0.914. The van der Waals surface area contributed by atoms with E-state index in [-0.39, 0.29) is 16.8 Å². The molecule has 3 aromatic rings. The molecule has 0 spiro atoms. The van der Waals surface area contributed by atoms with Gasteiger partial charge in [0, 0.05) is 41.5 Å². The van der Waals surface area contributed by atoms with E-state index >= 15 is 0 Å². The highest BCUT2D eigenvalue weighted by atomic mass is 16.3. The Morgan fingerprint density at radius 3 is 2.33 bits per heavy atom. The zero-order valence-electron chi connectivity index (χ0n) is 18.3. The number of nitrogens with zero attached hydrogens (tertiary/aromatic N) is 4. The molecule has 1 aromatic carbocycles. The van der Waals surface area contributed by atoms with Crippen LogP contribution in [0.2, 0.25) is 0 Å². The summed E-state index contributed by atoms with van der Waals surface area (Å²) in [5, 5.41) is 22.1. The standard InChI is InChI=1S/C23H30N6O/c1-22(2)11-16(12-23(3,4)28-22)26-21-14-24-19(13-25-21)17-7-6-15(10-20(17)30)18-8-9-29(5)27-18/h6-10,13-14,16,28,30H,11-12H2,1-5H3,(H,25,26). The number of aromatic nitrogens is 4. The maximum atomic E-state index is 10.5. The van der Waals surface area contributed by atoms with Crippen LogP contribution in [-0.2, 0) is 7.05 Å². The third-order valence-corrected chi connectivity index (χ3v) is 5.48. The van der Waals surface area contributed by atoms with Gasteiger partial charge in [-0.05, 0) is 58.7 Å². The number of hydrogen-bond donors (Lipinski definition) is 3. The fourth-order valence-electron chi connectivity index (χ4n) is 4.65. The molecule has 0 radical (unpaired) electrons. The van der Waals surface area contributed by atoms with E-state index in [9.17, 15) is 5.11 Å². The second-order valence-electron chi connectivity index (χ2n) is 9.54. The summed E-state index contributed by atoms with van der Waals surface area (Å²) in [6, 6.07) is 7.74. The van der Waals surface area contributed by atoms with Crippen molar-refractivity contribution in [1.82, 2.24) is 25.1 Å². The van der Waals surface area contributed by atoms with E-state index in [1.807, 2.05) is 31.4 Å². The lowest BCUT2D eigenvalue weighted by Crippen LogP contribution is -2.60. The molecule has 4 rings (SSSR count). The molecule has 1 aliphatic rings. The average molecular weight is 407 g/mol. The fourth-order valence-corrected chi connectivity index (χ4v) is 4.65. The summed E-state index contributed by atoms with van der Waals surface area (Å²) in [6.45, 7) is 8.92. The number of phenolic OH excluding ortho intramolecular Hbond substituents is 1. The van der Waals surface area contributed by atoms with Crippen LogP contribution in [-0.4, -0.2) is 42.0 Å². The minimum atomic E-state index is 0.0634. The summed E-state index contributed by atoms with van der Waals surface area (Å²) in [6.07, 6.45) is 7.34. The Morgan fingerprint density at radius 2 is 1.77 bits per heavy atom. The van der Waals surface area contributed by atoms with Gasteiger partial charge in [0.1, 0.15) is 11.6 Å². The summed E-state index contributed by atoms with van der Waals surface area (Å²) >= 11 is 0. The molecule has 7 heteroatoms. The number of aryl methyl sites for hydroxylation is 1. The third kappa shape index (κ3) is 4.46. The van der Waals surface area contributed by atoms with Crippen LogP contribution in [0.4, 0.5) is 5.82 Å². The Hall–Kier alpha value is -2.93. The van der Waals surface area contributed by atoms with E-state index in [4.69, 9.17) is 0 Å². The zero-order chi connectivity index (χ0) is 21.5. The van der Waals surface area contributed by atoms with Gasteiger partial charge in [-0.2, -0.15) is 5.10 Å². The first-order chi connectivity index (χ1) is 14.1. The highest BCUT2D eigenvalue weighted by Gasteiger charge is 2.37. The molecular weight excluding hydrogens is 376 g/mol. The van der Waals surface area contributed by atoms with Crippen molar-refractivity contribution in [3.05, 3.63) is 42.9 Å². The second-order valence-corrected chi connectivity index (χ2v) is 9.54. The Morgan fingerprint density at radius 1 is 1.03 bits per heavy atom. The van der Waals surface area contributed by atoms with E-state index in [1.165, 1.54) is 0 Å². The summed E-state index contributed by atoms with van der Waals surface area (Å²) in [5.41, 5.74) is 3.09. The van der Waals surface area contributed by atoms with Crippen LogP contribution >= 0.6 is 0 Å². The van der Waals surface area contributed by atoms with Crippen LogP contribution in [0, 0.1) is 0 Å².